The van der Waals surface area contributed by atoms with E-state index in [1.807, 2.05) is 13.8 Å². The lowest BCUT2D eigenvalue weighted by Crippen LogP contribution is -2.51. The zero-order valence-corrected chi connectivity index (χ0v) is 27.1. The lowest BCUT2D eigenvalue weighted by molar-refractivity contribution is -0.0682. The summed E-state index contributed by atoms with van der Waals surface area (Å²) in [5, 5.41) is 10.7. The fourth-order valence-corrected chi connectivity index (χ4v) is 9.21. The number of fused-ring (bicyclic) bond motifs is 2. The van der Waals surface area contributed by atoms with E-state index in [1.165, 1.54) is 18.6 Å². The molecule has 2 saturated carbocycles. The Morgan fingerprint density at radius 1 is 1.00 bits per heavy atom. The molecule has 0 spiro atoms. The fraction of sp³-hybridized carbons (Fsp3) is 0.606. The molecule has 13 heteroatoms. The highest BCUT2D eigenvalue weighted by Crippen LogP contribution is 2.42. The largest absolute Gasteiger partial charge is 0.454 e. The third-order valence-corrected chi connectivity index (χ3v) is 11.9. The molecule has 0 unspecified atom stereocenters. The summed E-state index contributed by atoms with van der Waals surface area (Å²) in [5.41, 5.74) is -1.10. The second kappa shape index (κ2) is 12.4. The fourth-order valence-electron chi connectivity index (χ4n) is 7.67. The molecule has 250 valence electrons. The van der Waals surface area contributed by atoms with Crippen molar-refractivity contribution >= 4 is 27.3 Å². The van der Waals surface area contributed by atoms with E-state index in [1.54, 1.807) is 27.4 Å². The first-order valence-corrected chi connectivity index (χ1v) is 17.7. The first kappa shape index (κ1) is 31.3. The Morgan fingerprint density at radius 3 is 2.54 bits per heavy atom. The molecule has 12 nitrogen and oxygen atoms in total. The normalized spacial score (nSPS) is 26.4. The molecule has 2 atom stereocenters. The second-order valence-electron chi connectivity index (χ2n) is 13.5. The van der Waals surface area contributed by atoms with Gasteiger partial charge in [0.05, 0.1) is 29.4 Å². The van der Waals surface area contributed by atoms with Crippen LogP contribution in [0.5, 0.6) is 17.2 Å². The first-order valence-electron chi connectivity index (χ1n) is 16.3. The first-order chi connectivity index (χ1) is 22.1. The molecule has 2 aliphatic heterocycles. The highest BCUT2D eigenvalue weighted by Gasteiger charge is 2.52. The molecule has 1 N–H and O–H groups in total. The summed E-state index contributed by atoms with van der Waals surface area (Å²) in [6, 6.07) is 5.90. The van der Waals surface area contributed by atoms with Gasteiger partial charge >= 0.3 is 11.9 Å². The van der Waals surface area contributed by atoms with Gasteiger partial charge in [-0.05, 0) is 88.8 Å². The van der Waals surface area contributed by atoms with E-state index >= 15 is 0 Å². The third-order valence-electron chi connectivity index (χ3n) is 10.0. The highest BCUT2D eigenvalue weighted by molar-refractivity contribution is 7.89. The second-order valence-corrected chi connectivity index (χ2v) is 15.5. The number of nitrogens with zero attached hydrogens (tertiary/aromatic N) is 2. The molecule has 4 aliphatic rings. The van der Waals surface area contributed by atoms with E-state index in [2.05, 4.69) is 0 Å². The van der Waals surface area contributed by atoms with Crippen LogP contribution in [0, 0.1) is 11.8 Å². The molecular formula is C33H42N2O10S. The van der Waals surface area contributed by atoms with Crippen LogP contribution in [0.15, 0.2) is 50.5 Å². The third kappa shape index (κ3) is 6.10. The average Bonchev–Trinajstić information content (AvgIpc) is 3.85. The summed E-state index contributed by atoms with van der Waals surface area (Å²) in [7, 11) is -3.97. The van der Waals surface area contributed by atoms with Gasteiger partial charge in [0.2, 0.25) is 16.8 Å². The van der Waals surface area contributed by atoms with E-state index < -0.39 is 34.0 Å². The van der Waals surface area contributed by atoms with Crippen LogP contribution in [-0.4, -0.2) is 72.7 Å². The average molecular weight is 659 g/mol. The zero-order chi connectivity index (χ0) is 32.1. The summed E-state index contributed by atoms with van der Waals surface area (Å²) in [4.78, 5) is 15.7. The molecule has 4 heterocycles. The van der Waals surface area contributed by atoms with Crippen molar-refractivity contribution in [3.05, 3.63) is 36.8 Å². The number of hydrogen-bond acceptors (Lipinski definition) is 10. The molecule has 2 aliphatic carbocycles. The Labute approximate surface area is 268 Å². The summed E-state index contributed by atoms with van der Waals surface area (Å²) >= 11 is 0. The van der Waals surface area contributed by atoms with Crippen LogP contribution in [0.3, 0.4) is 0 Å². The van der Waals surface area contributed by atoms with Crippen LogP contribution in [0.2, 0.25) is 0 Å². The lowest BCUT2D eigenvalue weighted by atomic mass is 9.82. The maximum Gasteiger partial charge on any atom is 0.417 e. The zero-order valence-electron chi connectivity index (χ0n) is 26.3. The number of amides is 1. The standard InChI is InChI=1S/C33H42N2O10S/c1-33(2)35(32(37)44-30-19-41-31-25(30)13-14-40-31)26(15-21-7-9-23(36)10-8-21)29(45-33)18-34(17-22-5-3-4-6-22)46(38,39)24-11-12-27-28(16-24)43-20-42-27/h11-14,16,19,21-23,26,29,36H,3-10,15,17-18,20H2,1-2H3/t21?,23?,26-,29+/m0/s1. The summed E-state index contributed by atoms with van der Waals surface area (Å²) in [6.07, 6.45) is 8.90. The molecule has 3 fully saturated rings. The predicted octanol–water partition coefficient (Wildman–Crippen LogP) is 5.88. The quantitative estimate of drug-likeness (QED) is 0.296. The van der Waals surface area contributed by atoms with Gasteiger partial charge < -0.3 is 32.9 Å². The van der Waals surface area contributed by atoms with Crippen molar-refractivity contribution in [2.24, 2.45) is 11.8 Å². The molecule has 1 saturated heterocycles. The molecule has 3 aromatic rings. The van der Waals surface area contributed by atoms with Crippen molar-refractivity contribution in [2.75, 3.05) is 19.9 Å². The van der Waals surface area contributed by atoms with Gasteiger partial charge in [-0.3, -0.25) is 4.90 Å². The van der Waals surface area contributed by atoms with Crippen molar-refractivity contribution in [3.63, 3.8) is 0 Å². The van der Waals surface area contributed by atoms with Crippen LogP contribution in [-0.2, 0) is 14.8 Å². The minimum absolute atomic E-state index is 0.0480. The minimum Gasteiger partial charge on any atom is -0.454 e. The van der Waals surface area contributed by atoms with Gasteiger partial charge in [-0.1, -0.05) is 12.8 Å². The number of aliphatic hydroxyl groups excluding tert-OH is 1. The van der Waals surface area contributed by atoms with E-state index in [4.69, 9.17) is 27.8 Å². The van der Waals surface area contributed by atoms with Crippen LogP contribution in [0.4, 0.5) is 4.79 Å². The SMILES string of the molecule is CC1(C)O[C@H](CN(CC2CCCC2)S(=O)(=O)c2ccc3c(c2)OCO3)[C@H](CC2CCC(O)CC2)N1C(=O)Oc1coc2occc12. The molecule has 1 amide bonds. The minimum atomic E-state index is -3.97. The van der Waals surface area contributed by atoms with Gasteiger partial charge in [0.1, 0.15) is 17.4 Å². The smallest absolute Gasteiger partial charge is 0.417 e. The van der Waals surface area contributed by atoms with E-state index in [9.17, 15) is 18.3 Å². The van der Waals surface area contributed by atoms with Gasteiger partial charge in [0.25, 0.3) is 0 Å². The number of aliphatic hydroxyl groups is 1. The van der Waals surface area contributed by atoms with Gasteiger partial charge in [-0.15, -0.1) is 0 Å². The van der Waals surface area contributed by atoms with E-state index in [-0.39, 0.29) is 47.7 Å². The predicted molar refractivity (Wildman–Crippen MR) is 165 cm³/mol. The maximum absolute atomic E-state index is 14.3. The topological polar surface area (TPSA) is 141 Å². The molecule has 2 aromatic heterocycles. The van der Waals surface area contributed by atoms with Crippen LogP contribution >= 0.6 is 0 Å². The van der Waals surface area contributed by atoms with Crippen molar-refractivity contribution in [3.8, 4) is 17.2 Å². The molecule has 1 aromatic carbocycles. The van der Waals surface area contributed by atoms with Crippen molar-refractivity contribution < 1.29 is 46.1 Å². The Bertz CT molecular complexity index is 1650. The maximum atomic E-state index is 14.3. The van der Waals surface area contributed by atoms with E-state index in [0.29, 0.717) is 42.7 Å². The Kier molecular flexibility index (Phi) is 8.45. The van der Waals surface area contributed by atoms with Crippen molar-refractivity contribution in [1.29, 1.82) is 0 Å². The number of carbonyl (C=O) groups is 1. The lowest BCUT2D eigenvalue weighted by Gasteiger charge is -2.36. The van der Waals surface area contributed by atoms with Crippen LogP contribution < -0.4 is 14.2 Å². The Balaban J connectivity index is 1.20. The molecule has 0 radical (unpaired) electrons. The highest BCUT2D eigenvalue weighted by atomic mass is 32.2. The monoisotopic (exact) mass is 658 g/mol. The van der Waals surface area contributed by atoms with Gasteiger partial charge in [-0.2, -0.15) is 4.31 Å². The number of furan rings is 2. The Hall–Kier alpha value is -3.26. The molecule has 46 heavy (non-hydrogen) atoms. The number of carbonyl (C=O) groups excluding carboxylic acids is 1. The molecule has 7 rings (SSSR count). The summed E-state index contributed by atoms with van der Waals surface area (Å²) in [5.74, 6) is 1.87. The Morgan fingerprint density at radius 2 is 1.76 bits per heavy atom. The number of benzene rings is 1. The molecular weight excluding hydrogens is 616 g/mol. The van der Waals surface area contributed by atoms with Crippen LogP contribution in [0.1, 0.15) is 71.6 Å². The summed E-state index contributed by atoms with van der Waals surface area (Å²) in [6.45, 7) is 4.09. The van der Waals surface area contributed by atoms with Crippen molar-refractivity contribution in [2.45, 2.75) is 101 Å². The number of ether oxygens (including phenoxy) is 4. The van der Waals surface area contributed by atoms with Gasteiger partial charge in [0.15, 0.2) is 17.2 Å². The van der Waals surface area contributed by atoms with E-state index in [0.717, 1.165) is 38.5 Å². The summed E-state index contributed by atoms with van der Waals surface area (Å²) < 4.78 is 64.4. The number of sulfonamides is 1. The number of rotatable bonds is 9. The molecule has 0 bridgehead atoms. The van der Waals surface area contributed by atoms with Crippen LogP contribution in [0.25, 0.3) is 11.2 Å². The van der Waals surface area contributed by atoms with Gasteiger partial charge in [0, 0.05) is 19.2 Å². The number of hydrogen-bond donors (Lipinski definition) is 1. The van der Waals surface area contributed by atoms with Crippen molar-refractivity contribution in [1.82, 2.24) is 9.21 Å². The van der Waals surface area contributed by atoms with Gasteiger partial charge in [-0.25, -0.2) is 13.2 Å².